The van der Waals surface area contributed by atoms with Crippen LogP contribution in [0.4, 0.5) is 0 Å². The van der Waals surface area contributed by atoms with Crippen molar-refractivity contribution < 1.29 is 8.30 Å². The Bertz CT molecular complexity index is 653. The summed E-state index contributed by atoms with van der Waals surface area (Å²) in [6, 6.07) is 3.29. The predicted molar refractivity (Wildman–Crippen MR) is 152 cm³/mol. The molecule has 1 aliphatic rings. The van der Waals surface area contributed by atoms with Crippen LogP contribution >= 0.6 is 21.5 Å². The van der Waals surface area contributed by atoms with Crippen LogP contribution in [0.3, 0.4) is 0 Å². The van der Waals surface area contributed by atoms with Crippen LogP contribution in [0.5, 0.6) is 0 Å². The molecule has 172 valence electrons. The van der Waals surface area contributed by atoms with E-state index in [1.807, 2.05) is 6.92 Å². The maximum absolute atomic E-state index is 5.19. The van der Waals surface area contributed by atoms with Crippen molar-refractivity contribution in [1.29, 1.82) is 0 Å². The van der Waals surface area contributed by atoms with E-state index in [-0.39, 0.29) is 0 Å². The Morgan fingerprint density at radius 1 is 0.733 bits per heavy atom. The summed E-state index contributed by atoms with van der Waals surface area (Å²) in [5.74, 6) is 0. The summed E-state index contributed by atoms with van der Waals surface area (Å²) >= 11 is 0. The van der Waals surface area contributed by atoms with Gasteiger partial charge < -0.3 is 8.30 Å². The molecule has 0 spiro atoms. The SMILES string of the molecule is CC#[N+][BH-]1[N+](=P(CC)(CC)CC)BN([P+](CC)(CC)CC)B[N+]1=P(CC)(CC)CC. The molecule has 0 aromatic heterocycles. The number of rotatable bonds is 10. The lowest BCUT2D eigenvalue weighted by atomic mass is 9.76. The minimum Gasteiger partial charge on any atom is -0.407 e. The molecule has 0 radical (unpaired) electrons. The standard InChI is InChI=1S/C20H51B3N4P3/c1-11-24-23-26(29(15-5,16-6)17-7)21-25(28(12-2,13-3)14-4)22-27(23)30(18-8,19-9)20-10/h21-23H,12-20H2,1-10H3/q+3. The third-order valence-electron chi connectivity index (χ3n) is 8.70. The van der Waals surface area contributed by atoms with Crippen LogP contribution in [0.1, 0.15) is 69.2 Å². The molecule has 0 unspecified atom stereocenters. The van der Waals surface area contributed by atoms with E-state index in [9.17, 15) is 0 Å². The van der Waals surface area contributed by atoms with Crippen molar-refractivity contribution >= 4 is 43.7 Å². The summed E-state index contributed by atoms with van der Waals surface area (Å²) in [6.07, 6.45) is 11.9. The van der Waals surface area contributed by atoms with Crippen LogP contribution < -0.4 is 0 Å². The Labute approximate surface area is 192 Å². The Hall–Kier alpha value is 0.535. The highest BCUT2D eigenvalue weighted by molar-refractivity contribution is 7.76. The molecule has 0 atom stereocenters. The van der Waals surface area contributed by atoms with Crippen molar-refractivity contribution in [3.8, 4) is 6.07 Å². The van der Waals surface area contributed by atoms with Gasteiger partial charge in [0, 0.05) is 51.1 Å². The fourth-order valence-electron chi connectivity index (χ4n) is 5.98. The van der Waals surface area contributed by atoms with E-state index >= 15 is 0 Å². The van der Waals surface area contributed by atoms with Gasteiger partial charge in [-0.05, 0) is 20.8 Å². The molecule has 0 saturated carbocycles. The van der Waals surface area contributed by atoms with E-state index in [2.05, 4.69) is 81.2 Å². The van der Waals surface area contributed by atoms with E-state index in [0.29, 0.717) is 0 Å². The number of nitrogens with zero attached hydrogens (tertiary/aromatic N) is 4. The molecule has 4 nitrogen and oxygen atoms in total. The van der Waals surface area contributed by atoms with Gasteiger partial charge in [-0.25, -0.2) is 0 Å². The number of hydrogen-bond donors (Lipinski definition) is 0. The van der Waals surface area contributed by atoms with Crippen LogP contribution in [-0.4, -0.2) is 90.5 Å². The zero-order valence-electron chi connectivity index (χ0n) is 22.1. The molecule has 0 aromatic rings. The molecule has 0 aromatic carbocycles. The lowest BCUT2D eigenvalue weighted by molar-refractivity contribution is -0.357. The molecule has 30 heavy (non-hydrogen) atoms. The molecule has 1 aliphatic heterocycles. The number of hydrogen-bond acceptors (Lipinski definition) is 1. The summed E-state index contributed by atoms with van der Waals surface area (Å²) in [4.78, 5) is 0. The van der Waals surface area contributed by atoms with Crippen molar-refractivity contribution in [1.82, 2.24) is 4.49 Å². The first kappa shape index (κ1) is 28.6. The predicted octanol–water partition coefficient (Wildman–Crippen LogP) is 5.44. The summed E-state index contributed by atoms with van der Waals surface area (Å²) in [6.45, 7) is 24.1. The first-order chi connectivity index (χ1) is 14.3. The zero-order chi connectivity index (χ0) is 23.0. The minimum atomic E-state index is -1.19. The highest BCUT2D eigenvalue weighted by Gasteiger charge is 2.60. The average molecular weight is 473 g/mol. The molecule has 1 fully saturated rings. The van der Waals surface area contributed by atoms with Gasteiger partial charge in [-0.15, -0.1) is 4.49 Å². The Balaban J connectivity index is 4.07. The van der Waals surface area contributed by atoms with Gasteiger partial charge in [0.25, 0.3) is 0 Å². The zero-order valence-corrected chi connectivity index (χ0v) is 24.8. The normalized spacial score (nSPS) is 16.7. The van der Waals surface area contributed by atoms with Gasteiger partial charge in [-0.2, -0.15) is 4.76 Å². The summed E-state index contributed by atoms with van der Waals surface area (Å²) in [7, 11) is -2.04. The summed E-state index contributed by atoms with van der Waals surface area (Å²) in [5, 5.41) is 0. The second-order valence-corrected chi connectivity index (χ2v) is 22.7. The highest BCUT2D eigenvalue weighted by Crippen LogP contribution is 2.62. The molecule has 0 bridgehead atoms. The average Bonchev–Trinajstić information content (AvgIpc) is 2.80. The van der Waals surface area contributed by atoms with Gasteiger partial charge in [-0.1, -0.05) is 41.5 Å². The van der Waals surface area contributed by atoms with Crippen molar-refractivity contribution in [3.63, 3.8) is 0 Å². The van der Waals surface area contributed by atoms with E-state index in [1.165, 1.54) is 55.5 Å². The van der Waals surface area contributed by atoms with Gasteiger partial charge in [0.15, 0.2) is 0 Å². The van der Waals surface area contributed by atoms with Crippen LogP contribution in [0.25, 0.3) is 4.76 Å². The smallest absolute Gasteiger partial charge is 0.407 e. The van der Waals surface area contributed by atoms with E-state index < -0.39 is 28.6 Å². The van der Waals surface area contributed by atoms with E-state index in [0.717, 1.165) is 15.1 Å². The topological polar surface area (TPSA) is 13.6 Å². The van der Waals surface area contributed by atoms with Crippen molar-refractivity contribution in [3.05, 3.63) is 4.76 Å². The lowest BCUT2D eigenvalue weighted by Gasteiger charge is -2.40. The monoisotopic (exact) mass is 473 g/mol. The van der Waals surface area contributed by atoms with Gasteiger partial charge >= 0.3 is 22.2 Å². The van der Waals surface area contributed by atoms with Gasteiger partial charge in [0.1, 0.15) is 0 Å². The maximum atomic E-state index is 5.19. The first-order valence-electron chi connectivity index (χ1n) is 12.7. The molecule has 1 saturated heterocycles. The van der Waals surface area contributed by atoms with Crippen molar-refractivity contribution in [2.24, 2.45) is 0 Å². The van der Waals surface area contributed by atoms with Crippen LogP contribution in [0.15, 0.2) is 0 Å². The highest BCUT2D eigenvalue weighted by atomic mass is 31.2. The van der Waals surface area contributed by atoms with Crippen LogP contribution in [0, 0.1) is 6.07 Å². The molecule has 1 rings (SSSR count). The van der Waals surface area contributed by atoms with Gasteiger partial charge in [0.2, 0.25) is 6.07 Å². The van der Waals surface area contributed by atoms with E-state index in [4.69, 9.17) is 4.76 Å². The lowest BCUT2D eigenvalue weighted by Crippen LogP contribution is -2.59. The Morgan fingerprint density at radius 3 is 1.30 bits per heavy atom. The fraction of sp³-hybridized carbons (Fsp3) is 0.950. The largest absolute Gasteiger partial charge is 0.847 e. The summed E-state index contributed by atoms with van der Waals surface area (Å²) in [5.41, 5.74) is 0. The van der Waals surface area contributed by atoms with Gasteiger partial charge in [-0.3, -0.25) is 0 Å². The van der Waals surface area contributed by atoms with Crippen LogP contribution in [-0.2, 0) is 0 Å². The molecule has 0 N–H and O–H groups in total. The van der Waals surface area contributed by atoms with Gasteiger partial charge in [0.05, 0.1) is 32.8 Å². The first-order valence-corrected chi connectivity index (χ1v) is 19.6. The molecule has 0 amide bonds. The second-order valence-electron chi connectivity index (χ2n) is 8.74. The fourth-order valence-corrected chi connectivity index (χ4v) is 17.1. The maximum Gasteiger partial charge on any atom is 0.847 e. The second kappa shape index (κ2) is 12.7. The third kappa shape index (κ3) is 5.19. The molecule has 1 heterocycles. The molecular weight excluding hydrogens is 422 g/mol. The summed E-state index contributed by atoms with van der Waals surface area (Å²) < 4.78 is 14.2. The molecular formula is C20H51B3N4P3+3. The van der Waals surface area contributed by atoms with Crippen molar-refractivity contribution in [2.45, 2.75) is 69.2 Å². The third-order valence-corrected chi connectivity index (χ3v) is 23.9. The quantitative estimate of drug-likeness (QED) is 0.305. The van der Waals surface area contributed by atoms with Crippen molar-refractivity contribution in [2.75, 3.05) is 55.5 Å². The Morgan fingerprint density at radius 2 is 1.07 bits per heavy atom. The molecule has 0 aliphatic carbocycles. The van der Waals surface area contributed by atoms with E-state index in [1.54, 1.807) is 0 Å². The minimum absolute atomic E-state index is 0.882. The van der Waals surface area contributed by atoms with Crippen LogP contribution in [0.2, 0.25) is 0 Å². The molecule has 10 heteroatoms. The Kier molecular flexibility index (Phi) is 12.1.